The molecular weight excluding hydrogens is 342 g/mol. The zero-order chi connectivity index (χ0) is 19.4. The van der Waals surface area contributed by atoms with Gasteiger partial charge in [-0.05, 0) is 44.6 Å². The van der Waals surface area contributed by atoms with Gasteiger partial charge in [0.15, 0.2) is 0 Å². The predicted molar refractivity (Wildman–Crippen MR) is 107 cm³/mol. The van der Waals surface area contributed by atoms with E-state index in [1.54, 1.807) is 6.20 Å². The summed E-state index contributed by atoms with van der Waals surface area (Å²) in [5.41, 5.74) is 0.620. The second kappa shape index (κ2) is 8.99. The molecule has 0 aliphatic carbocycles. The smallest absolute Gasteiger partial charge is 0.255 e. The van der Waals surface area contributed by atoms with Crippen molar-refractivity contribution in [2.75, 3.05) is 78.5 Å². The van der Waals surface area contributed by atoms with E-state index in [-0.39, 0.29) is 18.4 Å². The Labute approximate surface area is 162 Å². The highest BCUT2D eigenvalue weighted by Crippen LogP contribution is 2.26. The summed E-state index contributed by atoms with van der Waals surface area (Å²) >= 11 is 0. The van der Waals surface area contributed by atoms with Gasteiger partial charge in [-0.3, -0.25) is 4.79 Å². The Balaban J connectivity index is 1.61. The minimum Gasteiger partial charge on any atom is -0.396 e. The van der Waals surface area contributed by atoms with Crippen LogP contribution in [0.2, 0.25) is 0 Å². The maximum Gasteiger partial charge on any atom is 0.255 e. The fourth-order valence-electron chi connectivity index (χ4n) is 4.09. The van der Waals surface area contributed by atoms with Gasteiger partial charge in [0, 0.05) is 65.5 Å². The molecule has 2 atom stereocenters. The number of carbonyl (C=O) groups is 1. The number of hydrogen-bond donors (Lipinski definition) is 1. The molecule has 0 aromatic carbocycles. The molecule has 2 aliphatic rings. The maximum atomic E-state index is 12.9. The molecule has 0 spiro atoms. The van der Waals surface area contributed by atoms with Crippen LogP contribution in [0.1, 0.15) is 16.8 Å². The Morgan fingerprint density at radius 2 is 1.96 bits per heavy atom. The number of hydrogen-bond acceptors (Lipinski definition) is 6. The van der Waals surface area contributed by atoms with Crippen molar-refractivity contribution in [3.8, 4) is 0 Å². The first-order valence-electron chi connectivity index (χ1n) is 9.92. The Kier molecular flexibility index (Phi) is 6.68. The van der Waals surface area contributed by atoms with E-state index in [4.69, 9.17) is 0 Å². The molecule has 1 aromatic heterocycles. The van der Waals surface area contributed by atoms with Crippen molar-refractivity contribution in [2.24, 2.45) is 11.8 Å². The van der Waals surface area contributed by atoms with Crippen molar-refractivity contribution >= 4 is 11.7 Å². The second-order valence-electron chi connectivity index (χ2n) is 8.17. The Bertz CT molecular complexity index is 621. The molecule has 7 nitrogen and oxygen atoms in total. The molecule has 1 aromatic rings. The highest BCUT2D eigenvalue weighted by atomic mass is 16.3. The monoisotopic (exact) mass is 375 g/mol. The molecule has 2 saturated heterocycles. The van der Waals surface area contributed by atoms with E-state index < -0.39 is 0 Å². The number of likely N-dealkylation sites (N-methyl/N-ethyl adjacent to an activating group) is 1. The van der Waals surface area contributed by atoms with E-state index in [2.05, 4.69) is 21.8 Å². The summed E-state index contributed by atoms with van der Waals surface area (Å²) in [6.45, 7) is 6.84. The van der Waals surface area contributed by atoms with Crippen molar-refractivity contribution in [3.05, 3.63) is 23.9 Å². The van der Waals surface area contributed by atoms with Gasteiger partial charge in [-0.2, -0.15) is 0 Å². The summed E-state index contributed by atoms with van der Waals surface area (Å²) in [7, 11) is 6.04. The zero-order valence-corrected chi connectivity index (χ0v) is 16.8. The maximum absolute atomic E-state index is 12.9. The molecule has 0 radical (unpaired) electrons. The minimum absolute atomic E-state index is 0.0179. The summed E-state index contributed by atoms with van der Waals surface area (Å²) < 4.78 is 0. The van der Waals surface area contributed by atoms with Crippen LogP contribution in [0.5, 0.6) is 0 Å². The Morgan fingerprint density at radius 3 is 2.63 bits per heavy atom. The summed E-state index contributed by atoms with van der Waals surface area (Å²) in [6, 6.07) is 3.72. The molecular formula is C20H33N5O2. The highest BCUT2D eigenvalue weighted by Gasteiger charge is 2.36. The van der Waals surface area contributed by atoms with Gasteiger partial charge in [0.25, 0.3) is 5.91 Å². The molecule has 3 rings (SSSR count). The van der Waals surface area contributed by atoms with Gasteiger partial charge in [-0.25, -0.2) is 4.98 Å². The number of amides is 1. The first-order valence-corrected chi connectivity index (χ1v) is 9.92. The third-order valence-electron chi connectivity index (χ3n) is 5.86. The van der Waals surface area contributed by atoms with Crippen LogP contribution in [0.4, 0.5) is 5.82 Å². The van der Waals surface area contributed by atoms with E-state index >= 15 is 0 Å². The summed E-state index contributed by atoms with van der Waals surface area (Å²) in [5, 5.41) is 9.85. The van der Waals surface area contributed by atoms with Crippen LogP contribution in [0, 0.1) is 11.8 Å². The minimum atomic E-state index is 0.0179. The number of nitrogens with zero attached hydrogens (tertiary/aromatic N) is 5. The lowest BCUT2D eigenvalue weighted by molar-refractivity contribution is 0.0778. The van der Waals surface area contributed by atoms with Gasteiger partial charge >= 0.3 is 0 Å². The van der Waals surface area contributed by atoms with Crippen LogP contribution in [-0.4, -0.2) is 104 Å². The third-order valence-corrected chi connectivity index (χ3v) is 5.86. The van der Waals surface area contributed by atoms with Crippen molar-refractivity contribution < 1.29 is 9.90 Å². The van der Waals surface area contributed by atoms with Gasteiger partial charge in [0.1, 0.15) is 5.82 Å². The van der Waals surface area contributed by atoms with Crippen LogP contribution < -0.4 is 4.90 Å². The van der Waals surface area contributed by atoms with Crippen LogP contribution >= 0.6 is 0 Å². The Hall–Kier alpha value is -1.70. The number of carbonyl (C=O) groups excluding carboxylic acids is 1. The topological polar surface area (TPSA) is 63.2 Å². The molecule has 3 heterocycles. The second-order valence-corrected chi connectivity index (χ2v) is 8.17. The number of aromatic nitrogens is 1. The molecule has 7 heteroatoms. The van der Waals surface area contributed by atoms with Gasteiger partial charge in [-0.1, -0.05) is 0 Å². The molecule has 2 fully saturated rings. The number of anilines is 1. The Morgan fingerprint density at radius 1 is 1.19 bits per heavy atom. The number of aliphatic hydroxyl groups excluding tert-OH is 1. The van der Waals surface area contributed by atoms with E-state index in [1.807, 2.05) is 36.0 Å². The fraction of sp³-hybridized carbons (Fsp3) is 0.700. The molecule has 0 saturated carbocycles. The van der Waals surface area contributed by atoms with Gasteiger partial charge < -0.3 is 24.7 Å². The van der Waals surface area contributed by atoms with Crippen molar-refractivity contribution in [2.45, 2.75) is 6.42 Å². The van der Waals surface area contributed by atoms with Crippen LogP contribution in [0.3, 0.4) is 0 Å². The molecule has 0 bridgehead atoms. The van der Waals surface area contributed by atoms with Gasteiger partial charge in [0.2, 0.25) is 0 Å². The highest BCUT2D eigenvalue weighted by molar-refractivity contribution is 5.94. The molecule has 2 aliphatic heterocycles. The zero-order valence-electron chi connectivity index (χ0n) is 16.8. The van der Waals surface area contributed by atoms with Gasteiger partial charge in [0.05, 0.1) is 5.56 Å². The van der Waals surface area contributed by atoms with Crippen molar-refractivity contribution in [1.29, 1.82) is 0 Å². The van der Waals surface area contributed by atoms with E-state index in [0.717, 1.165) is 38.5 Å². The summed E-state index contributed by atoms with van der Waals surface area (Å²) in [4.78, 5) is 25.9. The summed E-state index contributed by atoms with van der Waals surface area (Å²) in [5.74, 6) is 1.34. The van der Waals surface area contributed by atoms with Crippen molar-refractivity contribution in [3.63, 3.8) is 0 Å². The number of aliphatic hydroxyl groups is 1. The van der Waals surface area contributed by atoms with E-state index in [0.29, 0.717) is 24.6 Å². The third kappa shape index (κ3) is 4.97. The standard InChI is InChI=1S/C20H33N5O2/c1-22(2)19-6-5-16(11-21-19)20(27)25-13-17(18(14-25)15-26)12-24-8-4-7-23(3)9-10-24/h5-6,11,17-18,26H,4,7-10,12-15H2,1-3H3/t17-,18-/m1/s1. The first-order chi connectivity index (χ1) is 13.0. The predicted octanol–water partition coefficient (Wildman–Crippen LogP) is 0.466. The SMILES string of the molecule is CN1CCCN(C[C@@H]2CN(C(=O)c3ccc(N(C)C)nc3)C[C@@H]2CO)CC1. The lowest BCUT2D eigenvalue weighted by atomic mass is 9.96. The van der Waals surface area contributed by atoms with Crippen LogP contribution in [0.15, 0.2) is 18.3 Å². The molecule has 150 valence electrons. The first kappa shape index (κ1) is 20.0. The quantitative estimate of drug-likeness (QED) is 0.807. The molecule has 27 heavy (non-hydrogen) atoms. The lowest BCUT2D eigenvalue weighted by Crippen LogP contribution is -2.36. The molecule has 1 N–H and O–H groups in total. The fourth-order valence-corrected chi connectivity index (χ4v) is 4.09. The lowest BCUT2D eigenvalue weighted by Gasteiger charge is -2.26. The number of likely N-dealkylation sites (tertiary alicyclic amines) is 1. The normalized spacial score (nSPS) is 24.8. The van der Waals surface area contributed by atoms with E-state index in [9.17, 15) is 9.90 Å². The van der Waals surface area contributed by atoms with Gasteiger partial charge in [-0.15, -0.1) is 0 Å². The average Bonchev–Trinajstić information content (AvgIpc) is 2.96. The number of rotatable bonds is 5. The average molecular weight is 376 g/mol. The largest absolute Gasteiger partial charge is 0.396 e. The van der Waals surface area contributed by atoms with Crippen LogP contribution in [-0.2, 0) is 0 Å². The number of pyridine rings is 1. The molecule has 1 amide bonds. The molecule has 0 unspecified atom stereocenters. The van der Waals surface area contributed by atoms with E-state index in [1.165, 1.54) is 6.42 Å². The summed E-state index contributed by atoms with van der Waals surface area (Å²) in [6.07, 6.45) is 2.84. The van der Waals surface area contributed by atoms with Crippen molar-refractivity contribution in [1.82, 2.24) is 19.7 Å². The van der Waals surface area contributed by atoms with Crippen LogP contribution in [0.25, 0.3) is 0 Å².